The Morgan fingerprint density at radius 3 is 2.84 bits per heavy atom. The minimum absolute atomic E-state index is 0.0276. The summed E-state index contributed by atoms with van der Waals surface area (Å²) < 4.78 is 2.00. The molecule has 108 valence electrons. The van der Waals surface area contributed by atoms with E-state index in [1.165, 1.54) is 24.1 Å². The zero-order chi connectivity index (χ0) is 13.9. The first-order valence-corrected chi connectivity index (χ1v) is 7.51. The van der Waals surface area contributed by atoms with Crippen LogP contribution < -0.4 is 5.32 Å². The second-order valence-electron chi connectivity index (χ2n) is 5.86. The Morgan fingerprint density at radius 1 is 1.47 bits per heavy atom. The van der Waals surface area contributed by atoms with E-state index >= 15 is 0 Å². The predicted octanol–water partition coefficient (Wildman–Crippen LogP) is 2.19. The topological polar surface area (TPSA) is 50.1 Å². The third-order valence-corrected chi connectivity index (χ3v) is 4.93. The molecule has 4 heteroatoms. The van der Waals surface area contributed by atoms with Crippen molar-refractivity contribution in [2.75, 3.05) is 13.2 Å². The second kappa shape index (κ2) is 6.06. The average molecular weight is 265 g/mol. The highest BCUT2D eigenvalue weighted by Gasteiger charge is 2.29. The van der Waals surface area contributed by atoms with Gasteiger partial charge in [0.05, 0.1) is 6.20 Å². The van der Waals surface area contributed by atoms with Crippen molar-refractivity contribution in [2.45, 2.75) is 52.0 Å². The maximum absolute atomic E-state index is 9.65. The quantitative estimate of drug-likeness (QED) is 0.829. The molecule has 1 aromatic heterocycles. The van der Waals surface area contributed by atoms with E-state index in [1.54, 1.807) is 0 Å². The Hall–Kier alpha value is -0.870. The molecular formula is C15H27N3O. The predicted molar refractivity (Wildman–Crippen MR) is 77.0 cm³/mol. The molecule has 1 aliphatic carbocycles. The number of rotatable bonds is 6. The number of aliphatic hydroxyl groups excluding tert-OH is 1. The monoisotopic (exact) mass is 265 g/mol. The zero-order valence-electron chi connectivity index (χ0n) is 12.4. The van der Waals surface area contributed by atoms with Crippen LogP contribution in [0.1, 0.15) is 56.8 Å². The summed E-state index contributed by atoms with van der Waals surface area (Å²) in [7, 11) is 2.03. The molecule has 1 unspecified atom stereocenters. The van der Waals surface area contributed by atoms with Gasteiger partial charge in [-0.1, -0.05) is 13.8 Å². The van der Waals surface area contributed by atoms with Crippen molar-refractivity contribution < 1.29 is 5.11 Å². The molecule has 0 fully saturated rings. The summed E-state index contributed by atoms with van der Waals surface area (Å²) >= 11 is 0. The van der Waals surface area contributed by atoms with Gasteiger partial charge in [0.25, 0.3) is 0 Å². The first-order chi connectivity index (χ1) is 9.15. The van der Waals surface area contributed by atoms with Gasteiger partial charge < -0.3 is 10.4 Å². The fraction of sp³-hybridized carbons (Fsp3) is 0.800. The average Bonchev–Trinajstić information content (AvgIpc) is 2.84. The van der Waals surface area contributed by atoms with Crippen LogP contribution in [0, 0.1) is 5.41 Å². The van der Waals surface area contributed by atoms with Gasteiger partial charge in [0.1, 0.15) is 0 Å². The van der Waals surface area contributed by atoms with E-state index in [1.807, 2.05) is 17.9 Å². The molecular weight excluding hydrogens is 238 g/mol. The van der Waals surface area contributed by atoms with Crippen molar-refractivity contribution >= 4 is 0 Å². The molecule has 4 nitrogen and oxygen atoms in total. The van der Waals surface area contributed by atoms with Crippen molar-refractivity contribution in [1.82, 2.24) is 15.1 Å². The van der Waals surface area contributed by atoms with E-state index in [9.17, 15) is 5.11 Å². The van der Waals surface area contributed by atoms with E-state index in [4.69, 9.17) is 0 Å². The molecule has 1 aromatic rings. The normalized spacial score (nSPS) is 19.5. The van der Waals surface area contributed by atoms with E-state index in [-0.39, 0.29) is 12.0 Å². The lowest BCUT2D eigenvalue weighted by atomic mass is 9.82. The third kappa shape index (κ3) is 2.84. The second-order valence-corrected chi connectivity index (χ2v) is 5.86. The van der Waals surface area contributed by atoms with E-state index in [0.29, 0.717) is 6.04 Å². The molecule has 0 aliphatic heterocycles. The summed E-state index contributed by atoms with van der Waals surface area (Å²) in [4.78, 5) is 0. The van der Waals surface area contributed by atoms with E-state index in [0.717, 1.165) is 25.8 Å². The summed E-state index contributed by atoms with van der Waals surface area (Å²) in [6.45, 7) is 5.48. The molecule has 1 heterocycles. The number of nitrogens with one attached hydrogen (secondary N) is 1. The summed E-state index contributed by atoms with van der Waals surface area (Å²) in [5, 5.41) is 17.7. The molecule has 0 aromatic carbocycles. The van der Waals surface area contributed by atoms with Crippen molar-refractivity contribution in [1.29, 1.82) is 0 Å². The van der Waals surface area contributed by atoms with Gasteiger partial charge in [0, 0.05) is 42.9 Å². The number of hydrogen-bond acceptors (Lipinski definition) is 3. The molecule has 0 radical (unpaired) electrons. The SMILES string of the molecule is CCC(CC)(CO)CNC1CCCc2c1cnn2C. The standard InChI is InChI=1S/C15H27N3O/c1-4-15(5-2,11-19)10-16-13-7-6-8-14-12(13)9-17-18(14)3/h9,13,16,19H,4-8,10-11H2,1-3H3. The molecule has 1 aliphatic rings. The highest BCUT2D eigenvalue weighted by atomic mass is 16.3. The van der Waals surface area contributed by atoms with E-state index in [2.05, 4.69) is 24.3 Å². The first kappa shape index (κ1) is 14.5. The summed E-state index contributed by atoms with van der Waals surface area (Å²) in [5.41, 5.74) is 2.75. The lowest BCUT2D eigenvalue weighted by Gasteiger charge is -2.33. The molecule has 19 heavy (non-hydrogen) atoms. The Labute approximate surface area is 116 Å². The first-order valence-electron chi connectivity index (χ1n) is 7.51. The molecule has 0 saturated heterocycles. The molecule has 0 amide bonds. The van der Waals surface area contributed by atoms with Crippen LogP contribution in [-0.2, 0) is 13.5 Å². The lowest BCUT2D eigenvalue weighted by molar-refractivity contribution is 0.108. The maximum atomic E-state index is 9.65. The van der Waals surface area contributed by atoms with Gasteiger partial charge in [-0.25, -0.2) is 0 Å². The van der Waals surface area contributed by atoms with Gasteiger partial charge in [-0.2, -0.15) is 5.10 Å². The Kier molecular flexibility index (Phi) is 4.63. The van der Waals surface area contributed by atoms with Crippen LogP contribution in [0.15, 0.2) is 6.20 Å². The Balaban J connectivity index is 2.05. The van der Waals surface area contributed by atoms with Crippen molar-refractivity contribution in [2.24, 2.45) is 12.5 Å². The number of nitrogens with zero attached hydrogens (tertiary/aromatic N) is 2. The molecule has 0 saturated carbocycles. The van der Waals surface area contributed by atoms with Gasteiger partial charge in [-0.3, -0.25) is 4.68 Å². The minimum atomic E-state index is 0.0276. The van der Waals surface area contributed by atoms with Crippen molar-refractivity contribution in [3.05, 3.63) is 17.5 Å². The van der Waals surface area contributed by atoms with Crippen molar-refractivity contribution in [3.8, 4) is 0 Å². The summed E-state index contributed by atoms with van der Waals surface area (Å²) in [6.07, 6.45) is 7.56. The van der Waals surface area contributed by atoms with Gasteiger partial charge >= 0.3 is 0 Å². The smallest absolute Gasteiger partial charge is 0.0540 e. The third-order valence-electron chi connectivity index (χ3n) is 4.93. The number of hydrogen-bond donors (Lipinski definition) is 2. The van der Waals surface area contributed by atoms with Gasteiger partial charge in [0.15, 0.2) is 0 Å². The van der Waals surface area contributed by atoms with Crippen LogP contribution in [0.2, 0.25) is 0 Å². The largest absolute Gasteiger partial charge is 0.396 e. The van der Waals surface area contributed by atoms with Crippen LogP contribution in [0.4, 0.5) is 0 Å². The Bertz CT molecular complexity index is 401. The Morgan fingerprint density at radius 2 is 2.21 bits per heavy atom. The van der Waals surface area contributed by atoms with Crippen LogP contribution in [0.3, 0.4) is 0 Å². The molecule has 0 spiro atoms. The number of aliphatic hydroxyl groups is 1. The zero-order valence-corrected chi connectivity index (χ0v) is 12.4. The van der Waals surface area contributed by atoms with Crippen LogP contribution >= 0.6 is 0 Å². The summed E-state index contributed by atoms with van der Waals surface area (Å²) in [6, 6.07) is 0.404. The van der Waals surface area contributed by atoms with Crippen LogP contribution in [0.5, 0.6) is 0 Å². The molecule has 1 atom stereocenters. The summed E-state index contributed by atoms with van der Waals surface area (Å²) in [5.74, 6) is 0. The van der Waals surface area contributed by atoms with Gasteiger partial charge in [-0.15, -0.1) is 0 Å². The van der Waals surface area contributed by atoms with Gasteiger partial charge in [0.2, 0.25) is 0 Å². The fourth-order valence-electron chi connectivity index (χ4n) is 3.04. The van der Waals surface area contributed by atoms with Crippen molar-refractivity contribution in [3.63, 3.8) is 0 Å². The highest BCUT2D eigenvalue weighted by Crippen LogP contribution is 2.31. The lowest BCUT2D eigenvalue weighted by Crippen LogP contribution is -2.39. The molecule has 0 bridgehead atoms. The molecule has 2 N–H and O–H groups in total. The van der Waals surface area contributed by atoms with Crippen LogP contribution in [-0.4, -0.2) is 28.0 Å². The van der Waals surface area contributed by atoms with Crippen LogP contribution in [0.25, 0.3) is 0 Å². The highest BCUT2D eigenvalue weighted by molar-refractivity contribution is 5.24. The van der Waals surface area contributed by atoms with E-state index < -0.39 is 0 Å². The number of fused-ring (bicyclic) bond motifs is 1. The minimum Gasteiger partial charge on any atom is -0.396 e. The fourth-order valence-corrected chi connectivity index (χ4v) is 3.04. The number of aromatic nitrogens is 2. The number of aryl methyl sites for hydroxylation is 1. The molecule has 2 rings (SSSR count). The maximum Gasteiger partial charge on any atom is 0.0540 e. The van der Waals surface area contributed by atoms with Gasteiger partial charge in [-0.05, 0) is 32.1 Å².